The third-order valence-corrected chi connectivity index (χ3v) is 3.32. The standard InChI is InChI=1S/C13H22FN3O/c1-10-6-12(17(3)16-10)8-13(2,14)7-11-9-18-5-4-15-11/h6,11,15H,4-5,7-9H2,1-3H3. The highest BCUT2D eigenvalue weighted by atomic mass is 19.1. The number of morpholine rings is 1. The second kappa shape index (κ2) is 5.36. The predicted octanol–water partition coefficient (Wildman–Crippen LogP) is 1.38. The molecule has 18 heavy (non-hydrogen) atoms. The Morgan fingerprint density at radius 1 is 1.67 bits per heavy atom. The molecule has 5 heteroatoms. The Labute approximate surface area is 108 Å². The van der Waals surface area contributed by atoms with Crippen LogP contribution in [0.5, 0.6) is 0 Å². The van der Waals surface area contributed by atoms with E-state index in [1.165, 1.54) is 0 Å². The SMILES string of the molecule is Cc1cc(CC(C)(F)CC2COCCN2)n(C)n1. The van der Waals surface area contributed by atoms with Crippen molar-refractivity contribution in [2.75, 3.05) is 19.8 Å². The Bertz CT molecular complexity index is 397. The van der Waals surface area contributed by atoms with Gasteiger partial charge < -0.3 is 10.1 Å². The first-order valence-corrected chi connectivity index (χ1v) is 6.46. The van der Waals surface area contributed by atoms with Gasteiger partial charge in [-0.25, -0.2) is 4.39 Å². The lowest BCUT2D eigenvalue weighted by molar-refractivity contribution is 0.0479. The summed E-state index contributed by atoms with van der Waals surface area (Å²) in [6.45, 7) is 5.72. The molecule has 1 aliphatic rings. The van der Waals surface area contributed by atoms with Gasteiger partial charge in [-0.3, -0.25) is 4.68 Å². The Kier molecular flexibility index (Phi) is 4.02. The van der Waals surface area contributed by atoms with Crippen LogP contribution in [0.3, 0.4) is 0 Å². The Morgan fingerprint density at radius 3 is 3.00 bits per heavy atom. The van der Waals surface area contributed by atoms with Crippen LogP contribution < -0.4 is 5.32 Å². The molecule has 0 bridgehead atoms. The van der Waals surface area contributed by atoms with Crippen LogP contribution >= 0.6 is 0 Å². The van der Waals surface area contributed by atoms with E-state index in [4.69, 9.17) is 4.74 Å². The van der Waals surface area contributed by atoms with Gasteiger partial charge in [0.2, 0.25) is 0 Å². The molecule has 4 nitrogen and oxygen atoms in total. The fourth-order valence-electron chi connectivity index (χ4n) is 2.54. The van der Waals surface area contributed by atoms with Gasteiger partial charge in [-0.05, 0) is 26.3 Å². The Morgan fingerprint density at radius 2 is 2.44 bits per heavy atom. The van der Waals surface area contributed by atoms with E-state index < -0.39 is 5.67 Å². The summed E-state index contributed by atoms with van der Waals surface area (Å²) in [5, 5.41) is 7.55. The van der Waals surface area contributed by atoms with E-state index >= 15 is 0 Å². The first kappa shape index (κ1) is 13.5. The quantitative estimate of drug-likeness (QED) is 0.883. The van der Waals surface area contributed by atoms with Gasteiger partial charge in [0.05, 0.1) is 18.9 Å². The number of nitrogens with zero attached hydrogens (tertiary/aromatic N) is 2. The van der Waals surface area contributed by atoms with Gasteiger partial charge in [-0.1, -0.05) is 0 Å². The molecule has 2 heterocycles. The summed E-state index contributed by atoms with van der Waals surface area (Å²) in [5.41, 5.74) is 0.634. The van der Waals surface area contributed by atoms with Crippen molar-refractivity contribution in [1.82, 2.24) is 15.1 Å². The van der Waals surface area contributed by atoms with Crippen molar-refractivity contribution in [2.45, 2.75) is 38.4 Å². The van der Waals surface area contributed by atoms with Gasteiger partial charge in [0.1, 0.15) is 5.67 Å². The molecule has 1 aromatic rings. The van der Waals surface area contributed by atoms with Gasteiger partial charge >= 0.3 is 0 Å². The minimum atomic E-state index is -1.24. The van der Waals surface area contributed by atoms with Crippen molar-refractivity contribution in [3.63, 3.8) is 0 Å². The fraction of sp³-hybridized carbons (Fsp3) is 0.769. The largest absolute Gasteiger partial charge is 0.379 e. The zero-order chi connectivity index (χ0) is 13.2. The van der Waals surface area contributed by atoms with Crippen LogP contribution in [0.15, 0.2) is 6.07 Å². The second-order valence-electron chi connectivity index (χ2n) is 5.42. The molecule has 2 atom stereocenters. The maximum Gasteiger partial charge on any atom is 0.115 e. The highest BCUT2D eigenvalue weighted by Crippen LogP contribution is 2.24. The molecular weight excluding hydrogens is 233 g/mol. The maximum atomic E-state index is 14.6. The molecule has 0 aliphatic carbocycles. The third-order valence-electron chi connectivity index (χ3n) is 3.32. The molecule has 102 valence electrons. The van der Waals surface area contributed by atoms with Gasteiger partial charge in [-0.2, -0.15) is 5.10 Å². The molecule has 1 saturated heterocycles. The lowest BCUT2D eigenvalue weighted by Crippen LogP contribution is -2.45. The van der Waals surface area contributed by atoms with Crippen molar-refractivity contribution in [2.24, 2.45) is 7.05 Å². The molecule has 1 fully saturated rings. The van der Waals surface area contributed by atoms with E-state index in [1.54, 1.807) is 11.6 Å². The van der Waals surface area contributed by atoms with Crippen LogP contribution in [0.4, 0.5) is 4.39 Å². The van der Waals surface area contributed by atoms with Gasteiger partial charge in [0, 0.05) is 31.7 Å². The van der Waals surface area contributed by atoms with Gasteiger partial charge in [-0.15, -0.1) is 0 Å². The van der Waals surface area contributed by atoms with Crippen molar-refractivity contribution < 1.29 is 9.13 Å². The van der Waals surface area contributed by atoms with E-state index in [-0.39, 0.29) is 6.04 Å². The smallest absolute Gasteiger partial charge is 0.115 e. The molecule has 1 N–H and O–H groups in total. The zero-order valence-electron chi connectivity index (χ0n) is 11.4. The normalized spacial score (nSPS) is 23.9. The van der Waals surface area contributed by atoms with Crippen molar-refractivity contribution in [3.8, 4) is 0 Å². The van der Waals surface area contributed by atoms with Gasteiger partial charge in [0.25, 0.3) is 0 Å². The fourth-order valence-corrected chi connectivity index (χ4v) is 2.54. The number of aromatic nitrogens is 2. The third kappa shape index (κ3) is 3.53. The summed E-state index contributed by atoms with van der Waals surface area (Å²) in [5.74, 6) is 0. The van der Waals surface area contributed by atoms with Crippen LogP contribution in [0.1, 0.15) is 24.7 Å². The summed E-state index contributed by atoms with van der Waals surface area (Å²) in [4.78, 5) is 0. The first-order chi connectivity index (χ1) is 8.46. The molecule has 0 radical (unpaired) electrons. The zero-order valence-corrected chi connectivity index (χ0v) is 11.4. The minimum absolute atomic E-state index is 0.114. The minimum Gasteiger partial charge on any atom is -0.379 e. The molecule has 2 rings (SSSR count). The Hall–Kier alpha value is -0.940. The number of rotatable bonds is 4. The van der Waals surface area contributed by atoms with Crippen molar-refractivity contribution >= 4 is 0 Å². The average molecular weight is 255 g/mol. The lowest BCUT2D eigenvalue weighted by Gasteiger charge is -2.29. The molecule has 0 saturated carbocycles. The molecule has 0 aromatic carbocycles. The van der Waals surface area contributed by atoms with Crippen LogP contribution in [0.2, 0.25) is 0 Å². The van der Waals surface area contributed by atoms with Crippen molar-refractivity contribution in [3.05, 3.63) is 17.5 Å². The number of aryl methyl sites for hydroxylation is 2. The molecular formula is C13H22FN3O. The second-order valence-corrected chi connectivity index (χ2v) is 5.42. The number of hydrogen-bond donors (Lipinski definition) is 1. The van der Waals surface area contributed by atoms with E-state index in [9.17, 15) is 4.39 Å². The predicted molar refractivity (Wildman–Crippen MR) is 68.4 cm³/mol. The maximum absolute atomic E-state index is 14.6. The van der Waals surface area contributed by atoms with Crippen molar-refractivity contribution in [1.29, 1.82) is 0 Å². The molecule has 1 aromatic heterocycles. The molecule has 0 spiro atoms. The van der Waals surface area contributed by atoms with Gasteiger partial charge in [0.15, 0.2) is 0 Å². The number of alkyl halides is 1. The summed E-state index contributed by atoms with van der Waals surface area (Å²) in [6.07, 6.45) is 0.861. The van der Waals surface area contributed by atoms with Crippen LogP contribution in [0.25, 0.3) is 0 Å². The monoisotopic (exact) mass is 255 g/mol. The number of nitrogens with one attached hydrogen (secondary N) is 1. The summed E-state index contributed by atoms with van der Waals surface area (Å²) in [6, 6.07) is 2.06. The first-order valence-electron chi connectivity index (χ1n) is 6.46. The lowest BCUT2D eigenvalue weighted by atomic mass is 9.93. The summed E-state index contributed by atoms with van der Waals surface area (Å²) in [7, 11) is 1.86. The van der Waals surface area contributed by atoms with Crippen LogP contribution in [-0.2, 0) is 18.2 Å². The molecule has 0 amide bonds. The summed E-state index contributed by atoms with van der Waals surface area (Å²) >= 11 is 0. The number of hydrogen-bond acceptors (Lipinski definition) is 3. The molecule has 1 aliphatic heterocycles. The van der Waals surface area contributed by atoms with E-state index in [0.717, 1.165) is 24.5 Å². The number of ether oxygens (including phenoxy) is 1. The van der Waals surface area contributed by atoms with Crippen LogP contribution in [-0.4, -0.2) is 41.2 Å². The van der Waals surface area contributed by atoms with Crippen LogP contribution in [0, 0.1) is 6.92 Å². The summed E-state index contributed by atoms with van der Waals surface area (Å²) < 4.78 is 21.7. The molecule has 2 unspecified atom stereocenters. The Balaban J connectivity index is 1.95. The van der Waals surface area contributed by atoms with E-state index in [0.29, 0.717) is 19.4 Å². The highest BCUT2D eigenvalue weighted by molar-refractivity contribution is 5.11. The van der Waals surface area contributed by atoms with E-state index in [1.807, 2.05) is 20.0 Å². The number of halogens is 1. The average Bonchev–Trinajstić information content (AvgIpc) is 2.57. The van der Waals surface area contributed by atoms with E-state index in [2.05, 4.69) is 10.4 Å². The topological polar surface area (TPSA) is 39.1 Å². The highest BCUT2D eigenvalue weighted by Gasteiger charge is 2.30.